The molecule has 7 nitrogen and oxygen atoms in total. The molecule has 0 aromatic heterocycles. The molecule has 1 unspecified atom stereocenters. The molecule has 1 aliphatic rings. The highest BCUT2D eigenvalue weighted by atomic mass is 32.2. The van der Waals surface area contributed by atoms with Crippen molar-refractivity contribution < 1.29 is 13.2 Å². The van der Waals surface area contributed by atoms with E-state index in [2.05, 4.69) is 27.3 Å². The first kappa shape index (κ1) is 22.6. The van der Waals surface area contributed by atoms with Gasteiger partial charge in [0.15, 0.2) is 5.96 Å². The Morgan fingerprint density at radius 3 is 2.64 bits per heavy atom. The van der Waals surface area contributed by atoms with Crippen LogP contribution >= 0.6 is 0 Å². The summed E-state index contributed by atoms with van der Waals surface area (Å²) in [5.41, 5.74) is 1.16. The van der Waals surface area contributed by atoms with E-state index in [0.717, 1.165) is 18.4 Å². The normalized spacial score (nSPS) is 16.4. The maximum absolute atomic E-state index is 12.0. The highest BCUT2D eigenvalue weighted by molar-refractivity contribution is 7.89. The number of benzene rings is 1. The van der Waals surface area contributed by atoms with Crippen LogP contribution in [0.2, 0.25) is 0 Å². The molecule has 1 aromatic rings. The van der Waals surface area contributed by atoms with Crippen molar-refractivity contribution in [3.05, 3.63) is 35.9 Å². The van der Waals surface area contributed by atoms with E-state index in [1.54, 1.807) is 7.05 Å². The molecule has 0 saturated heterocycles. The van der Waals surface area contributed by atoms with Crippen molar-refractivity contribution >= 4 is 16.0 Å². The molecule has 28 heavy (non-hydrogen) atoms. The molecule has 158 valence electrons. The molecule has 0 heterocycles. The van der Waals surface area contributed by atoms with E-state index in [0.29, 0.717) is 50.6 Å². The molecule has 1 fully saturated rings. The van der Waals surface area contributed by atoms with Gasteiger partial charge >= 0.3 is 0 Å². The van der Waals surface area contributed by atoms with E-state index in [4.69, 9.17) is 4.74 Å². The smallest absolute Gasteiger partial charge is 0.213 e. The van der Waals surface area contributed by atoms with Crippen molar-refractivity contribution in [2.75, 3.05) is 39.0 Å². The third kappa shape index (κ3) is 9.03. The SMILES string of the molecule is CN=C(NCCS(=O)(=O)NCC1CCC1)NCC(C)COCc1ccccc1. The van der Waals surface area contributed by atoms with Crippen molar-refractivity contribution in [1.29, 1.82) is 0 Å². The van der Waals surface area contributed by atoms with Crippen molar-refractivity contribution in [2.24, 2.45) is 16.8 Å². The molecule has 0 spiro atoms. The zero-order chi connectivity index (χ0) is 20.2. The summed E-state index contributed by atoms with van der Waals surface area (Å²) < 4.78 is 32.5. The molecule has 2 rings (SSSR count). The van der Waals surface area contributed by atoms with E-state index in [1.807, 2.05) is 30.3 Å². The summed E-state index contributed by atoms with van der Waals surface area (Å²) >= 11 is 0. The molecule has 0 bridgehead atoms. The second-order valence-electron chi connectivity index (χ2n) is 7.45. The minimum Gasteiger partial charge on any atom is -0.376 e. The van der Waals surface area contributed by atoms with Gasteiger partial charge in [-0.15, -0.1) is 0 Å². The van der Waals surface area contributed by atoms with Gasteiger partial charge in [0, 0.05) is 26.7 Å². The number of ether oxygens (including phenoxy) is 1. The molecule has 1 atom stereocenters. The minimum absolute atomic E-state index is 0.0379. The van der Waals surface area contributed by atoms with Gasteiger partial charge < -0.3 is 15.4 Å². The predicted molar refractivity (Wildman–Crippen MR) is 114 cm³/mol. The van der Waals surface area contributed by atoms with E-state index in [9.17, 15) is 8.42 Å². The topological polar surface area (TPSA) is 91.8 Å². The summed E-state index contributed by atoms with van der Waals surface area (Å²) in [4.78, 5) is 4.14. The zero-order valence-electron chi connectivity index (χ0n) is 17.0. The Hall–Kier alpha value is -1.64. The number of aliphatic imine (C=N–C) groups is 1. The highest BCUT2D eigenvalue weighted by Crippen LogP contribution is 2.25. The van der Waals surface area contributed by atoms with Crippen molar-refractivity contribution in [1.82, 2.24) is 15.4 Å². The average molecular weight is 411 g/mol. The monoisotopic (exact) mass is 410 g/mol. The van der Waals surface area contributed by atoms with Crippen molar-refractivity contribution in [3.63, 3.8) is 0 Å². The molecule has 0 amide bonds. The fourth-order valence-electron chi connectivity index (χ4n) is 2.82. The lowest BCUT2D eigenvalue weighted by Crippen LogP contribution is -2.43. The summed E-state index contributed by atoms with van der Waals surface area (Å²) in [6.07, 6.45) is 3.47. The van der Waals surface area contributed by atoms with E-state index >= 15 is 0 Å². The van der Waals surface area contributed by atoms with Gasteiger partial charge in [0.05, 0.1) is 19.0 Å². The second kappa shape index (κ2) is 12.0. The van der Waals surface area contributed by atoms with Crippen molar-refractivity contribution in [2.45, 2.75) is 32.8 Å². The van der Waals surface area contributed by atoms with Gasteiger partial charge in [0.25, 0.3) is 0 Å². The summed E-state index contributed by atoms with van der Waals surface area (Å²) in [5, 5.41) is 6.27. The maximum atomic E-state index is 12.0. The molecule has 8 heteroatoms. The van der Waals surface area contributed by atoms with Crippen molar-refractivity contribution in [3.8, 4) is 0 Å². The number of nitrogens with zero attached hydrogens (tertiary/aromatic N) is 1. The Bertz CT molecular complexity index is 691. The van der Waals surface area contributed by atoms with E-state index < -0.39 is 10.0 Å². The Kier molecular flexibility index (Phi) is 9.73. The van der Waals surface area contributed by atoms with Gasteiger partial charge in [-0.25, -0.2) is 13.1 Å². The molecule has 1 saturated carbocycles. The van der Waals surface area contributed by atoms with Crippen LogP contribution in [0.5, 0.6) is 0 Å². The first-order chi connectivity index (χ1) is 13.5. The molecule has 0 aliphatic heterocycles. The first-order valence-electron chi connectivity index (χ1n) is 10.0. The molecule has 1 aliphatic carbocycles. The molecule has 0 radical (unpaired) electrons. The van der Waals surface area contributed by atoms with Crippen LogP contribution in [0, 0.1) is 11.8 Å². The largest absolute Gasteiger partial charge is 0.376 e. The lowest BCUT2D eigenvalue weighted by Gasteiger charge is -2.25. The number of hydrogen-bond donors (Lipinski definition) is 3. The summed E-state index contributed by atoms with van der Waals surface area (Å²) in [5.74, 6) is 1.46. The van der Waals surface area contributed by atoms with Crippen LogP contribution in [0.3, 0.4) is 0 Å². The summed E-state index contributed by atoms with van der Waals surface area (Å²) in [6, 6.07) is 10.1. The number of guanidine groups is 1. The number of hydrogen-bond acceptors (Lipinski definition) is 4. The maximum Gasteiger partial charge on any atom is 0.213 e. The first-order valence-corrected chi connectivity index (χ1v) is 11.7. The quantitative estimate of drug-likeness (QED) is 0.360. The average Bonchev–Trinajstić information content (AvgIpc) is 2.64. The van der Waals surface area contributed by atoms with Gasteiger partial charge in [-0.2, -0.15) is 0 Å². The fourth-order valence-corrected chi connectivity index (χ4v) is 3.83. The minimum atomic E-state index is -3.24. The Labute approximate surface area is 169 Å². The fraction of sp³-hybridized carbons (Fsp3) is 0.650. The van der Waals surface area contributed by atoms with Crippen LogP contribution in [0.4, 0.5) is 0 Å². The highest BCUT2D eigenvalue weighted by Gasteiger charge is 2.20. The van der Waals surface area contributed by atoms with Gasteiger partial charge in [-0.05, 0) is 30.2 Å². The molecule has 1 aromatic carbocycles. The van der Waals surface area contributed by atoms with Crippen LogP contribution in [-0.2, 0) is 21.4 Å². The Morgan fingerprint density at radius 2 is 2.00 bits per heavy atom. The molecule has 3 N–H and O–H groups in total. The van der Waals surface area contributed by atoms with Crippen LogP contribution < -0.4 is 15.4 Å². The van der Waals surface area contributed by atoms with E-state index in [1.165, 1.54) is 6.42 Å². The van der Waals surface area contributed by atoms with E-state index in [-0.39, 0.29) is 5.75 Å². The predicted octanol–water partition coefficient (Wildman–Crippen LogP) is 1.72. The van der Waals surface area contributed by atoms with Gasteiger partial charge in [-0.3, -0.25) is 4.99 Å². The van der Waals surface area contributed by atoms with Crippen LogP contribution in [0.1, 0.15) is 31.7 Å². The lowest BCUT2D eigenvalue weighted by atomic mass is 9.86. The summed E-state index contributed by atoms with van der Waals surface area (Å²) in [7, 11) is -1.57. The standard InChI is InChI=1S/C20H34N4O3S/c1-17(15-27-16-19-7-4-3-5-8-19)13-23-20(21-2)22-11-12-28(25,26)24-14-18-9-6-10-18/h3-5,7-8,17-18,24H,6,9-16H2,1-2H3,(H2,21,22,23). The number of nitrogens with one attached hydrogen (secondary N) is 3. The van der Waals surface area contributed by atoms with Crippen LogP contribution in [-0.4, -0.2) is 53.4 Å². The number of rotatable bonds is 12. The second-order valence-corrected chi connectivity index (χ2v) is 9.38. The lowest BCUT2D eigenvalue weighted by molar-refractivity contribution is 0.0931. The summed E-state index contributed by atoms with van der Waals surface area (Å²) in [6.45, 7) is 4.91. The third-order valence-corrected chi connectivity index (χ3v) is 6.18. The molecular weight excluding hydrogens is 376 g/mol. The third-order valence-electron chi connectivity index (χ3n) is 4.84. The van der Waals surface area contributed by atoms with Gasteiger partial charge in [0.2, 0.25) is 10.0 Å². The Balaban J connectivity index is 1.57. The van der Waals surface area contributed by atoms with Crippen LogP contribution in [0.15, 0.2) is 35.3 Å². The molecular formula is C20H34N4O3S. The number of sulfonamides is 1. The van der Waals surface area contributed by atoms with Gasteiger partial charge in [0.1, 0.15) is 0 Å². The Morgan fingerprint density at radius 1 is 1.25 bits per heavy atom. The van der Waals surface area contributed by atoms with Gasteiger partial charge in [-0.1, -0.05) is 43.7 Å². The zero-order valence-corrected chi connectivity index (χ0v) is 17.8. The van der Waals surface area contributed by atoms with Crippen LogP contribution in [0.25, 0.3) is 0 Å².